The van der Waals surface area contributed by atoms with Gasteiger partial charge in [0, 0.05) is 22.3 Å². The number of nitrogen functional groups attached to an aromatic ring is 1. The van der Waals surface area contributed by atoms with Crippen molar-refractivity contribution < 1.29 is 4.79 Å². The Morgan fingerprint density at radius 1 is 1.21 bits per heavy atom. The summed E-state index contributed by atoms with van der Waals surface area (Å²) in [7, 11) is 0. The van der Waals surface area contributed by atoms with Gasteiger partial charge in [-0.2, -0.15) is 0 Å². The van der Waals surface area contributed by atoms with Crippen molar-refractivity contribution in [3.63, 3.8) is 0 Å². The van der Waals surface area contributed by atoms with Crippen LogP contribution in [0.3, 0.4) is 0 Å². The van der Waals surface area contributed by atoms with E-state index in [1.807, 2.05) is 0 Å². The summed E-state index contributed by atoms with van der Waals surface area (Å²) in [6.07, 6.45) is 7.36. The monoisotopic (exact) mass is 326 g/mol. The van der Waals surface area contributed by atoms with Gasteiger partial charge in [0.1, 0.15) is 0 Å². The van der Waals surface area contributed by atoms with E-state index in [2.05, 4.69) is 28.2 Å². The lowest BCUT2D eigenvalue weighted by Crippen LogP contribution is -2.24. The number of hydrogen-bond acceptors (Lipinski definition) is 2. The fourth-order valence-electron chi connectivity index (χ4n) is 1.89. The van der Waals surface area contributed by atoms with Crippen LogP contribution in [0.1, 0.15) is 55.8 Å². The Hall–Kier alpha value is -1.03. The number of halogens is 1. The molecule has 1 aromatic rings. The third-order valence-corrected chi connectivity index (χ3v) is 3.80. The number of carbonyl (C=O) groups is 1. The molecule has 0 atom stereocenters. The minimum Gasteiger partial charge on any atom is -0.398 e. The summed E-state index contributed by atoms with van der Waals surface area (Å²) < 4.78 is 0.819. The highest BCUT2D eigenvalue weighted by Gasteiger charge is 2.06. The minimum atomic E-state index is -0.0484. The molecule has 4 heteroatoms. The first-order valence-electron chi connectivity index (χ1n) is 6.98. The Balaban J connectivity index is 2.22. The fourth-order valence-corrected chi connectivity index (χ4v) is 2.14. The molecule has 3 nitrogen and oxygen atoms in total. The van der Waals surface area contributed by atoms with Gasteiger partial charge in [-0.05, 0) is 40.5 Å². The second-order valence-electron chi connectivity index (χ2n) is 4.76. The summed E-state index contributed by atoms with van der Waals surface area (Å²) in [5.74, 6) is -0.0484. The number of unbranched alkanes of at least 4 members (excludes halogenated alkanes) is 5. The van der Waals surface area contributed by atoms with E-state index in [1.165, 1.54) is 32.1 Å². The van der Waals surface area contributed by atoms with Crippen molar-refractivity contribution in [2.24, 2.45) is 0 Å². The second-order valence-corrected chi connectivity index (χ2v) is 5.61. The van der Waals surface area contributed by atoms with Crippen LogP contribution >= 0.6 is 15.9 Å². The van der Waals surface area contributed by atoms with Crippen LogP contribution < -0.4 is 11.1 Å². The zero-order valence-corrected chi connectivity index (χ0v) is 13.1. The Morgan fingerprint density at radius 3 is 2.58 bits per heavy atom. The lowest BCUT2D eigenvalue weighted by Gasteiger charge is -2.06. The van der Waals surface area contributed by atoms with Crippen molar-refractivity contribution in [2.45, 2.75) is 45.4 Å². The average Bonchev–Trinajstić information content (AvgIpc) is 2.40. The zero-order chi connectivity index (χ0) is 14.1. The number of amides is 1. The first kappa shape index (κ1) is 16.0. The van der Waals surface area contributed by atoms with Crippen molar-refractivity contribution in [2.75, 3.05) is 12.3 Å². The molecule has 1 aromatic carbocycles. The van der Waals surface area contributed by atoms with Crippen molar-refractivity contribution in [1.82, 2.24) is 5.32 Å². The smallest absolute Gasteiger partial charge is 0.251 e. The molecule has 0 aromatic heterocycles. The largest absolute Gasteiger partial charge is 0.398 e. The van der Waals surface area contributed by atoms with Crippen LogP contribution in [0.5, 0.6) is 0 Å². The lowest BCUT2D eigenvalue weighted by molar-refractivity contribution is 0.0953. The Kier molecular flexibility index (Phi) is 7.56. The molecule has 0 saturated carbocycles. The fraction of sp³-hybridized carbons (Fsp3) is 0.533. The molecule has 0 aliphatic rings. The van der Waals surface area contributed by atoms with Crippen molar-refractivity contribution in [1.29, 1.82) is 0 Å². The van der Waals surface area contributed by atoms with E-state index < -0.39 is 0 Å². The Labute approximate surface area is 124 Å². The highest BCUT2D eigenvalue weighted by Crippen LogP contribution is 2.20. The minimum absolute atomic E-state index is 0.0484. The van der Waals surface area contributed by atoms with E-state index in [0.717, 1.165) is 17.4 Å². The molecule has 19 heavy (non-hydrogen) atoms. The molecule has 0 fully saturated rings. The van der Waals surface area contributed by atoms with Gasteiger partial charge in [0.05, 0.1) is 0 Å². The van der Waals surface area contributed by atoms with Gasteiger partial charge in [-0.25, -0.2) is 0 Å². The maximum Gasteiger partial charge on any atom is 0.251 e. The topological polar surface area (TPSA) is 55.1 Å². The van der Waals surface area contributed by atoms with E-state index in [1.54, 1.807) is 18.2 Å². The Bertz CT molecular complexity index is 407. The van der Waals surface area contributed by atoms with Crippen molar-refractivity contribution >= 4 is 27.5 Å². The summed E-state index contributed by atoms with van der Waals surface area (Å²) in [6, 6.07) is 5.27. The molecule has 0 spiro atoms. The summed E-state index contributed by atoms with van der Waals surface area (Å²) in [6.45, 7) is 2.95. The van der Waals surface area contributed by atoms with Gasteiger partial charge in [-0.1, -0.05) is 39.0 Å². The lowest BCUT2D eigenvalue weighted by atomic mass is 10.1. The summed E-state index contributed by atoms with van der Waals surface area (Å²) in [5, 5.41) is 2.93. The molecule has 106 valence electrons. The van der Waals surface area contributed by atoms with Crippen LogP contribution in [0.4, 0.5) is 5.69 Å². The van der Waals surface area contributed by atoms with E-state index >= 15 is 0 Å². The molecule has 0 unspecified atom stereocenters. The van der Waals surface area contributed by atoms with E-state index in [-0.39, 0.29) is 5.91 Å². The second kappa shape index (κ2) is 8.97. The van der Waals surface area contributed by atoms with Crippen LogP contribution in [0.25, 0.3) is 0 Å². The van der Waals surface area contributed by atoms with Gasteiger partial charge < -0.3 is 11.1 Å². The number of benzene rings is 1. The van der Waals surface area contributed by atoms with Gasteiger partial charge in [0.2, 0.25) is 0 Å². The van der Waals surface area contributed by atoms with Gasteiger partial charge in [-0.15, -0.1) is 0 Å². The molecule has 1 amide bonds. The molecule has 0 bridgehead atoms. The Morgan fingerprint density at radius 2 is 1.89 bits per heavy atom. The highest BCUT2D eigenvalue weighted by atomic mass is 79.9. The average molecular weight is 327 g/mol. The summed E-state index contributed by atoms with van der Waals surface area (Å²) in [4.78, 5) is 11.9. The first-order chi connectivity index (χ1) is 9.15. The third kappa shape index (κ3) is 6.10. The number of carbonyl (C=O) groups excluding carboxylic acids is 1. The predicted molar refractivity (Wildman–Crippen MR) is 84.3 cm³/mol. The van der Waals surface area contributed by atoms with Crippen molar-refractivity contribution in [3.05, 3.63) is 28.2 Å². The maximum absolute atomic E-state index is 11.9. The quantitative estimate of drug-likeness (QED) is 0.557. The molecule has 0 saturated heterocycles. The van der Waals surface area contributed by atoms with Crippen LogP contribution in [0.2, 0.25) is 0 Å². The number of nitrogens with two attached hydrogens (primary N) is 1. The molecular formula is C15H23BrN2O. The van der Waals surface area contributed by atoms with Crippen molar-refractivity contribution in [3.8, 4) is 0 Å². The summed E-state index contributed by atoms with van der Waals surface area (Å²) in [5.41, 5.74) is 6.96. The maximum atomic E-state index is 11.9. The molecule has 3 N–H and O–H groups in total. The van der Waals surface area contributed by atoms with E-state index in [0.29, 0.717) is 11.3 Å². The molecule has 1 rings (SSSR count). The van der Waals surface area contributed by atoms with Gasteiger partial charge in [-0.3, -0.25) is 4.79 Å². The van der Waals surface area contributed by atoms with Crippen LogP contribution in [-0.4, -0.2) is 12.5 Å². The predicted octanol–water partition coefficient (Wildman–Crippen LogP) is 4.12. The van der Waals surface area contributed by atoms with Crippen LogP contribution in [-0.2, 0) is 0 Å². The molecule has 0 heterocycles. The number of hydrogen-bond donors (Lipinski definition) is 2. The standard InChI is InChI=1S/C15H23BrN2O/c1-2-3-4-5-6-7-10-18-15(19)12-8-9-13(16)14(17)11-12/h8-9,11H,2-7,10,17H2,1H3,(H,18,19). The number of rotatable bonds is 8. The molecule has 0 aliphatic carbocycles. The van der Waals surface area contributed by atoms with Gasteiger partial charge in [0.25, 0.3) is 5.91 Å². The van der Waals surface area contributed by atoms with Crippen LogP contribution in [0.15, 0.2) is 22.7 Å². The highest BCUT2D eigenvalue weighted by molar-refractivity contribution is 9.10. The van der Waals surface area contributed by atoms with E-state index in [9.17, 15) is 4.79 Å². The molecular weight excluding hydrogens is 304 g/mol. The normalized spacial score (nSPS) is 10.4. The molecule has 0 aliphatic heterocycles. The SMILES string of the molecule is CCCCCCCCNC(=O)c1ccc(Br)c(N)c1. The van der Waals surface area contributed by atoms with Crippen LogP contribution in [0, 0.1) is 0 Å². The number of nitrogens with one attached hydrogen (secondary N) is 1. The van der Waals surface area contributed by atoms with E-state index in [4.69, 9.17) is 5.73 Å². The van der Waals surface area contributed by atoms with Gasteiger partial charge >= 0.3 is 0 Å². The third-order valence-electron chi connectivity index (χ3n) is 3.07. The number of anilines is 1. The first-order valence-corrected chi connectivity index (χ1v) is 7.77. The zero-order valence-electron chi connectivity index (χ0n) is 11.5. The van der Waals surface area contributed by atoms with Gasteiger partial charge in [0.15, 0.2) is 0 Å². The molecule has 0 radical (unpaired) electrons. The summed E-state index contributed by atoms with van der Waals surface area (Å²) >= 11 is 3.32.